The monoisotopic (exact) mass is 232 g/mol. The molecule has 2 nitrogen and oxygen atoms in total. The van der Waals surface area contributed by atoms with Gasteiger partial charge in [-0.3, -0.25) is 0 Å². The van der Waals surface area contributed by atoms with Crippen LogP contribution in [0.2, 0.25) is 0 Å². The van der Waals surface area contributed by atoms with E-state index in [4.69, 9.17) is 21.1 Å². The van der Waals surface area contributed by atoms with Gasteiger partial charge in [-0.25, -0.2) is 4.39 Å². The van der Waals surface area contributed by atoms with Gasteiger partial charge in [0.1, 0.15) is 6.61 Å². The van der Waals surface area contributed by atoms with Crippen molar-refractivity contribution in [3.8, 4) is 5.75 Å². The molecular formula is C11H14ClFO2. The summed E-state index contributed by atoms with van der Waals surface area (Å²) in [5, 5.41) is 0. The Morgan fingerprint density at radius 1 is 1.27 bits per heavy atom. The van der Waals surface area contributed by atoms with Crippen LogP contribution in [0.15, 0.2) is 18.2 Å². The van der Waals surface area contributed by atoms with Crippen molar-refractivity contribution < 1.29 is 13.9 Å². The molecule has 0 N–H and O–H groups in total. The van der Waals surface area contributed by atoms with Crippen molar-refractivity contribution in [2.45, 2.75) is 6.92 Å². The maximum Gasteiger partial charge on any atom is 0.165 e. The second-order valence-electron chi connectivity index (χ2n) is 3.08. The van der Waals surface area contributed by atoms with Crippen LogP contribution in [0.5, 0.6) is 5.75 Å². The van der Waals surface area contributed by atoms with Gasteiger partial charge in [-0.1, -0.05) is 6.07 Å². The van der Waals surface area contributed by atoms with Crippen LogP contribution in [-0.4, -0.2) is 25.7 Å². The molecule has 0 aliphatic heterocycles. The number of ether oxygens (including phenoxy) is 2. The second-order valence-corrected chi connectivity index (χ2v) is 3.46. The number of rotatable bonds is 6. The minimum Gasteiger partial charge on any atom is -0.488 e. The topological polar surface area (TPSA) is 18.5 Å². The molecule has 0 saturated heterocycles. The Kier molecular flexibility index (Phi) is 5.43. The van der Waals surface area contributed by atoms with Gasteiger partial charge in [0, 0.05) is 5.88 Å². The zero-order valence-electron chi connectivity index (χ0n) is 8.63. The van der Waals surface area contributed by atoms with Crippen LogP contribution in [0.1, 0.15) is 5.56 Å². The van der Waals surface area contributed by atoms with E-state index in [1.807, 2.05) is 6.92 Å². The summed E-state index contributed by atoms with van der Waals surface area (Å²) >= 11 is 5.42. The molecule has 0 aromatic heterocycles. The smallest absolute Gasteiger partial charge is 0.165 e. The molecule has 0 bridgehead atoms. The summed E-state index contributed by atoms with van der Waals surface area (Å²) < 4.78 is 23.5. The summed E-state index contributed by atoms with van der Waals surface area (Å²) in [5.74, 6) is 0.376. The maximum atomic E-state index is 13.2. The first kappa shape index (κ1) is 12.3. The lowest BCUT2D eigenvalue weighted by atomic mass is 10.2. The van der Waals surface area contributed by atoms with Crippen molar-refractivity contribution in [3.63, 3.8) is 0 Å². The lowest BCUT2D eigenvalue weighted by molar-refractivity contribution is 0.110. The summed E-state index contributed by atoms with van der Waals surface area (Å²) in [6, 6.07) is 4.76. The second kappa shape index (κ2) is 6.64. The Morgan fingerprint density at radius 3 is 2.80 bits per heavy atom. The van der Waals surface area contributed by atoms with Gasteiger partial charge in [0.15, 0.2) is 11.6 Å². The zero-order valence-corrected chi connectivity index (χ0v) is 9.39. The SMILES string of the molecule is Cc1ccc(F)c(OCCOCCCl)c1. The van der Waals surface area contributed by atoms with E-state index in [2.05, 4.69) is 0 Å². The molecule has 0 fully saturated rings. The van der Waals surface area contributed by atoms with E-state index < -0.39 is 0 Å². The predicted octanol–water partition coefficient (Wildman–Crippen LogP) is 2.77. The fraction of sp³-hybridized carbons (Fsp3) is 0.455. The first-order valence-electron chi connectivity index (χ1n) is 4.76. The van der Waals surface area contributed by atoms with Crippen LogP contribution in [0, 0.1) is 12.7 Å². The summed E-state index contributed by atoms with van der Waals surface area (Å²) in [4.78, 5) is 0. The van der Waals surface area contributed by atoms with E-state index in [0.717, 1.165) is 5.56 Å². The van der Waals surface area contributed by atoms with E-state index in [0.29, 0.717) is 25.7 Å². The van der Waals surface area contributed by atoms with Crippen LogP contribution in [0.4, 0.5) is 4.39 Å². The minimum atomic E-state index is -0.349. The third-order valence-electron chi connectivity index (χ3n) is 1.79. The van der Waals surface area contributed by atoms with Crippen molar-refractivity contribution in [2.75, 3.05) is 25.7 Å². The third kappa shape index (κ3) is 4.49. The number of aryl methyl sites for hydroxylation is 1. The first-order valence-corrected chi connectivity index (χ1v) is 5.30. The summed E-state index contributed by atoms with van der Waals surface area (Å²) in [6.45, 7) is 3.12. The van der Waals surface area contributed by atoms with E-state index in [9.17, 15) is 4.39 Å². The Balaban J connectivity index is 2.33. The Morgan fingerprint density at radius 2 is 2.07 bits per heavy atom. The van der Waals surface area contributed by atoms with E-state index in [1.165, 1.54) is 6.07 Å². The Bertz CT molecular complexity index is 305. The number of hydrogen-bond donors (Lipinski definition) is 0. The maximum absolute atomic E-state index is 13.2. The van der Waals surface area contributed by atoms with Gasteiger partial charge in [-0.05, 0) is 24.6 Å². The molecule has 1 aromatic carbocycles. The zero-order chi connectivity index (χ0) is 11.1. The summed E-state index contributed by atoms with van der Waals surface area (Å²) in [7, 11) is 0. The van der Waals surface area contributed by atoms with Crippen molar-refractivity contribution in [2.24, 2.45) is 0 Å². The van der Waals surface area contributed by atoms with Crippen molar-refractivity contribution in [3.05, 3.63) is 29.6 Å². The van der Waals surface area contributed by atoms with Crippen LogP contribution >= 0.6 is 11.6 Å². The lowest BCUT2D eigenvalue weighted by Crippen LogP contribution is -2.08. The average molecular weight is 233 g/mol. The minimum absolute atomic E-state index is 0.268. The fourth-order valence-corrected chi connectivity index (χ4v) is 1.20. The van der Waals surface area contributed by atoms with Gasteiger partial charge in [0.05, 0.1) is 13.2 Å². The molecular weight excluding hydrogens is 219 g/mol. The highest BCUT2D eigenvalue weighted by Crippen LogP contribution is 2.17. The molecule has 0 heterocycles. The molecule has 0 saturated carbocycles. The van der Waals surface area contributed by atoms with Crippen molar-refractivity contribution in [1.82, 2.24) is 0 Å². The molecule has 0 spiro atoms. The molecule has 1 aromatic rings. The fourth-order valence-electron chi connectivity index (χ4n) is 1.09. The summed E-state index contributed by atoms with van der Waals surface area (Å²) in [6.07, 6.45) is 0. The van der Waals surface area contributed by atoms with Crippen molar-refractivity contribution >= 4 is 11.6 Å². The lowest BCUT2D eigenvalue weighted by Gasteiger charge is -2.07. The molecule has 84 valence electrons. The molecule has 0 unspecified atom stereocenters. The molecule has 0 aliphatic rings. The summed E-state index contributed by atoms with van der Waals surface area (Å²) in [5.41, 5.74) is 0.966. The van der Waals surface area contributed by atoms with E-state index >= 15 is 0 Å². The van der Waals surface area contributed by atoms with Gasteiger partial charge < -0.3 is 9.47 Å². The van der Waals surface area contributed by atoms with Gasteiger partial charge in [-0.15, -0.1) is 11.6 Å². The number of alkyl halides is 1. The molecule has 4 heteroatoms. The van der Waals surface area contributed by atoms with Crippen LogP contribution in [-0.2, 0) is 4.74 Å². The van der Waals surface area contributed by atoms with Crippen molar-refractivity contribution in [1.29, 1.82) is 0 Å². The van der Waals surface area contributed by atoms with Gasteiger partial charge >= 0.3 is 0 Å². The highest BCUT2D eigenvalue weighted by atomic mass is 35.5. The normalized spacial score (nSPS) is 10.3. The highest BCUT2D eigenvalue weighted by molar-refractivity contribution is 6.17. The molecule has 0 aliphatic carbocycles. The number of hydrogen-bond acceptors (Lipinski definition) is 2. The third-order valence-corrected chi connectivity index (χ3v) is 1.95. The Hall–Kier alpha value is -0.800. The van der Waals surface area contributed by atoms with Crippen LogP contribution in [0.25, 0.3) is 0 Å². The standard InChI is InChI=1S/C11H14ClFO2/c1-9-2-3-10(13)11(8-9)15-7-6-14-5-4-12/h2-3,8H,4-7H2,1H3. The average Bonchev–Trinajstić information content (AvgIpc) is 2.23. The van der Waals surface area contributed by atoms with Crippen LogP contribution in [0.3, 0.4) is 0 Å². The Labute approximate surface area is 94.0 Å². The highest BCUT2D eigenvalue weighted by Gasteiger charge is 2.02. The molecule has 0 radical (unpaired) electrons. The molecule has 1 rings (SSSR count). The first-order chi connectivity index (χ1) is 7.24. The predicted molar refractivity (Wildman–Crippen MR) is 58.2 cm³/mol. The molecule has 0 amide bonds. The number of halogens is 2. The van der Waals surface area contributed by atoms with E-state index in [1.54, 1.807) is 12.1 Å². The van der Waals surface area contributed by atoms with E-state index in [-0.39, 0.29) is 11.6 Å². The van der Waals surface area contributed by atoms with Gasteiger partial charge in [0.25, 0.3) is 0 Å². The van der Waals surface area contributed by atoms with Crippen LogP contribution < -0.4 is 4.74 Å². The molecule has 15 heavy (non-hydrogen) atoms. The largest absolute Gasteiger partial charge is 0.488 e. The van der Waals surface area contributed by atoms with Gasteiger partial charge in [-0.2, -0.15) is 0 Å². The van der Waals surface area contributed by atoms with Gasteiger partial charge in [0.2, 0.25) is 0 Å². The molecule has 0 atom stereocenters. The quantitative estimate of drug-likeness (QED) is 0.555. The number of benzene rings is 1.